The highest BCUT2D eigenvalue weighted by Gasteiger charge is 2.29. The van der Waals surface area contributed by atoms with Crippen LogP contribution >= 0.6 is 0 Å². The molecule has 4 aromatic rings. The second-order valence-corrected chi connectivity index (χ2v) is 8.71. The van der Waals surface area contributed by atoms with Crippen LogP contribution in [0.25, 0.3) is 11.1 Å². The van der Waals surface area contributed by atoms with Crippen molar-refractivity contribution in [2.75, 3.05) is 10.6 Å². The Morgan fingerprint density at radius 1 is 0.919 bits per heavy atom. The summed E-state index contributed by atoms with van der Waals surface area (Å²) in [6.07, 6.45) is 0.679. The van der Waals surface area contributed by atoms with Gasteiger partial charge in [-0.1, -0.05) is 49.4 Å². The highest BCUT2D eigenvalue weighted by Crippen LogP contribution is 2.36. The summed E-state index contributed by atoms with van der Waals surface area (Å²) >= 11 is 0. The summed E-state index contributed by atoms with van der Waals surface area (Å²) in [4.78, 5) is 29.8. The maximum atomic E-state index is 13.3. The molecule has 37 heavy (non-hydrogen) atoms. The molecule has 0 radical (unpaired) electrons. The lowest BCUT2D eigenvalue weighted by atomic mass is 9.98. The summed E-state index contributed by atoms with van der Waals surface area (Å²) in [6, 6.07) is 28.5. The third-order valence-electron chi connectivity index (χ3n) is 6.23. The average Bonchev–Trinajstić information content (AvgIpc) is 3.24. The predicted octanol–water partition coefficient (Wildman–Crippen LogP) is 6.47. The van der Waals surface area contributed by atoms with Gasteiger partial charge in [-0.15, -0.1) is 0 Å². The fraction of sp³-hybridized carbons (Fsp3) is 0.100. The molecule has 0 fully saturated rings. The van der Waals surface area contributed by atoms with Crippen molar-refractivity contribution in [1.29, 1.82) is 0 Å². The van der Waals surface area contributed by atoms with E-state index in [2.05, 4.69) is 20.9 Å². The minimum absolute atomic E-state index is 0.0216. The monoisotopic (exact) mass is 492 g/mol. The van der Waals surface area contributed by atoms with Gasteiger partial charge in [0, 0.05) is 16.9 Å². The lowest BCUT2D eigenvalue weighted by molar-refractivity contribution is -0.117. The number of anilines is 2. The predicted molar refractivity (Wildman–Crippen MR) is 145 cm³/mol. The van der Waals surface area contributed by atoms with E-state index in [0.717, 1.165) is 22.4 Å². The number of aliphatic imine (C=N–C) groups is 1. The van der Waals surface area contributed by atoms with E-state index in [9.17, 15) is 14.0 Å². The van der Waals surface area contributed by atoms with Gasteiger partial charge in [0.05, 0.1) is 11.6 Å². The molecule has 6 nitrogen and oxygen atoms in total. The lowest BCUT2D eigenvalue weighted by Crippen LogP contribution is -2.35. The zero-order valence-corrected chi connectivity index (χ0v) is 20.2. The van der Waals surface area contributed by atoms with Crippen LogP contribution < -0.4 is 16.0 Å². The normalized spacial score (nSPS) is 14.6. The Morgan fingerprint density at radius 2 is 1.62 bits per heavy atom. The molecule has 0 aromatic heterocycles. The van der Waals surface area contributed by atoms with Gasteiger partial charge in [0.25, 0.3) is 5.91 Å². The fourth-order valence-electron chi connectivity index (χ4n) is 4.30. The molecule has 7 heteroatoms. The first-order valence-corrected chi connectivity index (χ1v) is 12.0. The Bertz CT molecular complexity index is 1470. The van der Waals surface area contributed by atoms with Gasteiger partial charge in [-0.2, -0.15) is 0 Å². The van der Waals surface area contributed by atoms with Crippen LogP contribution in [-0.2, 0) is 4.79 Å². The second kappa shape index (κ2) is 10.5. The summed E-state index contributed by atoms with van der Waals surface area (Å²) in [5, 5.41) is 8.87. The van der Waals surface area contributed by atoms with Gasteiger partial charge in [0.15, 0.2) is 0 Å². The lowest BCUT2D eigenvalue weighted by Gasteiger charge is -2.14. The smallest absolute Gasteiger partial charge is 0.257 e. The molecule has 1 unspecified atom stereocenters. The number of amides is 2. The Kier molecular flexibility index (Phi) is 6.76. The number of guanidine groups is 1. The summed E-state index contributed by atoms with van der Waals surface area (Å²) in [7, 11) is 0. The molecule has 5 rings (SSSR count). The number of halogens is 1. The number of carbonyl (C=O) groups excluding carboxylic acids is 2. The Morgan fingerprint density at radius 3 is 2.32 bits per heavy atom. The van der Waals surface area contributed by atoms with E-state index in [0.29, 0.717) is 23.4 Å². The van der Waals surface area contributed by atoms with Crippen LogP contribution in [0.1, 0.15) is 35.2 Å². The average molecular weight is 493 g/mol. The number of benzene rings is 4. The topological polar surface area (TPSA) is 82.6 Å². The fourth-order valence-corrected chi connectivity index (χ4v) is 4.30. The van der Waals surface area contributed by atoms with Gasteiger partial charge in [-0.3, -0.25) is 14.9 Å². The van der Waals surface area contributed by atoms with E-state index in [4.69, 9.17) is 0 Å². The van der Waals surface area contributed by atoms with Crippen molar-refractivity contribution < 1.29 is 14.0 Å². The minimum atomic E-state index is -0.434. The molecule has 184 valence electrons. The molecule has 0 spiro atoms. The highest BCUT2D eigenvalue weighted by atomic mass is 19.1. The van der Waals surface area contributed by atoms with Gasteiger partial charge in [0.1, 0.15) is 5.82 Å². The summed E-state index contributed by atoms with van der Waals surface area (Å²) < 4.78 is 13.3. The van der Waals surface area contributed by atoms with E-state index in [1.165, 1.54) is 24.3 Å². The zero-order valence-electron chi connectivity index (χ0n) is 20.2. The molecule has 1 heterocycles. The molecule has 1 atom stereocenters. The van der Waals surface area contributed by atoms with Gasteiger partial charge in [-0.05, 0) is 77.7 Å². The third-order valence-corrected chi connectivity index (χ3v) is 6.23. The quantitative estimate of drug-likeness (QED) is 0.221. The van der Waals surface area contributed by atoms with Crippen molar-refractivity contribution in [3.8, 4) is 11.1 Å². The minimum Gasteiger partial charge on any atom is -0.326 e. The number of fused-ring (bicyclic) bond motifs is 1. The van der Waals surface area contributed by atoms with Crippen molar-refractivity contribution >= 4 is 34.8 Å². The van der Waals surface area contributed by atoms with Crippen molar-refractivity contribution in [3.05, 3.63) is 114 Å². The molecule has 4 aromatic carbocycles. The van der Waals surface area contributed by atoms with Gasteiger partial charge in [-0.25, -0.2) is 9.38 Å². The molecule has 3 N–H and O–H groups in total. The first-order chi connectivity index (χ1) is 18.0. The molecule has 0 saturated heterocycles. The Balaban J connectivity index is 1.44. The van der Waals surface area contributed by atoms with Crippen molar-refractivity contribution in [2.45, 2.75) is 19.3 Å². The van der Waals surface area contributed by atoms with E-state index >= 15 is 0 Å². The number of rotatable bonds is 5. The van der Waals surface area contributed by atoms with Crippen molar-refractivity contribution in [1.82, 2.24) is 5.32 Å². The molecule has 1 aliphatic rings. The number of hydrogen-bond donors (Lipinski definition) is 3. The Labute approximate surface area is 214 Å². The first kappa shape index (κ1) is 23.9. The summed E-state index contributed by atoms with van der Waals surface area (Å²) in [5.74, 6) is -0.902. The molecule has 0 aliphatic carbocycles. The van der Waals surface area contributed by atoms with Crippen LogP contribution in [0.3, 0.4) is 0 Å². The molecule has 0 saturated carbocycles. The largest absolute Gasteiger partial charge is 0.326 e. The SMILES string of the molecule is CCC1C(=O)Nc2ccc(NC(=Nc3ccc(-c4ccccc4)cc3)NC(=O)c3ccc(F)cc3)cc21. The van der Waals surface area contributed by atoms with E-state index in [1.807, 2.05) is 79.7 Å². The van der Waals surface area contributed by atoms with Crippen molar-refractivity contribution in [3.63, 3.8) is 0 Å². The van der Waals surface area contributed by atoms with Gasteiger partial charge in [0.2, 0.25) is 11.9 Å². The molecule has 2 amide bonds. The standard InChI is InChI=1S/C30H25FN4O2/c1-2-25-26-18-24(16-17-27(26)34-29(25)37)33-30(35-28(36)21-8-12-22(31)13-9-21)32-23-14-10-20(11-15-23)19-6-4-3-5-7-19/h3-18,25H,2H2,1H3,(H,34,37)(H2,32,33,35,36). The number of nitrogens with one attached hydrogen (secondary N) is 3. The van der Waals surface area contributed by atoms with Crippen LogP contribution in [-0.4, -0.2) is 17.8 Å². The summed E-state index contributed by atoms with van der Waals surface area (Å²) in [6.45, 7) is 1.97. The summed E-state index contributed by atoms with van der Waals surface area (Å²) in [5.41, 5.74) is 5.42. The zero-order chi connectivity index (χ0) is 25.8. The highest BCUT2D eigenvalue weighted by molar-refractivity contribution is 6.11. The van der Waals surface area contributed by atoms with Crippen LogP contribution in [0.2, 0.25) is 0 Å². The Hall–Kier alpha value is -4.78. The number of nitrogens with zero attached hydrogens (tertiary/aromatic N) is 1. The van der Waals surface area contributed by atoms with Crippen LogP contribution in [0.5, 0.6) is 0 Å². The third kappa shape index (κ3) is 5.41. The van der Waals surface area contributed by atoms with Crippen LogP contribution in [0, 0.1) is 5.82 Å². The molecular formula is C30H25FN4O2. The van der Waals surface area contributed by atoms with Crippen molar-refractivity contribution in [2.24, 2.45) is 4.99 Å². The molecule has 0 bridgehead atoms. The van der Waals surface area contributed by atoms with E-state index < -0.39 is 11.7 Å². The van der Waals surface area contributed by atoms with E-state index in [-0.39, 0.29) is 17.8 Å². The van der Waals surface area contributed by atoms with Crippen LogP contribution in [0.4, 0.5) is 21.5 Å². The maximum Gasteiger partial charge on any atom is 0.257 e. The molecular weight excluding hydrogens is 467 g/mol. The number of carbonyl (C=O) groups is 2. The van der Waals surface area contributed by atoms with Gasteiger partial charge < -0.3 is 10.6 Å². The van der Waals surface area contributed by atoms with Gasteiger partial charge >= 0.3 is 0 Å². The second-order valence-electron chi connectivity index (χ2n) is 8.71. The molecule has 1 aliphatic heterocycles. The first-order valence-electron chi connectivity index (χ1n) is 12.0. The number of hydrogen-bond acceptors (Lipinski definition) is 3. The van der Waals surface area contributed by atoms with E-state index in [1.54, 1.807) is 0 Å². The van der Waals surface area contributed by atoms with Crippen LogP contribution in [0.15, 0.2) is 102 Å². The maximum absolute atomic E-state index is 13.3.